The van der Waals surface area contributed by atoms with Crippen molar-refractivity contribution in [2.24, 2.45) is 0 Å². The normalized spacial score (nSPS) is 12.3. The minimum Gasteiger partial charge on any atom is -0.449 e. The highest BCUT2D eigenvalue weighted by atomic mass is 35.5. The van der Waals surface area contributed by atoms with Gasteiger partial charge in [0.05, 0.1) is 23.2 Å². The summed E-state index contributed by atoms with van der Waals surface area (Å²) < 4.78 is 76.7. The van der Waals surface area contributed by atoms with Crippen LogP contribution in [0.4, 0.5) is 23.7 Å². The monoisotopic (exact) mass is 554 g/mol. The minimum absolute atomic E-state index is 0.0451. The van der Waals surface area contributed by atoms with Gasteiger partial charge in [-0.25, -0.2) is 26.4 Å². The van der Waals surface area contributed by atoms with Crippen LogP contribution in [-0.2, 0) is 21.2 Å². The van der Waals surface area contributed by atoms with Gasteiger partial charge in [0.1, 0.15) is 17.5 Å². The Morgan fingerprint density at radius 3 is 2.24 bits per heavy atom. The molecule has 37 heavy (non-hydrogen) atoms. The summed E-state index contributed by atoms with van der Waals surface area (Å²) in [6.45, 7) is 4.87. The SMILES string of the molecule is CC(C)NC(=O)OCCc1cc(F)ccc1[C@@H](C)N(c1cc(F)ccc1F)S(=O)(=O)c1ccc(Cl)cc1. The number of alkyl carbamates (subject to hydrolysis) is 1. The Labute approximate surface area is 219 Å². The first kappa shape index (κ1) is 28.3. The Bertz CT molecular complexity index is 1370. The summed E-state index contributed by atoms with van der Waals surface area (Å²) in [5.74, 6) is -2.41. The molecule has 11 heteroatoms. The van der Waals surface area contributed by atoms with E-state index in [0.29, 0.717) is 11.1 Å². The van der Waals surface area contributed by atoms with Crippen LogP contribution in [0.1, 0.15) is 37.9 Å². The summed E-state index contributed by atoms with van der Waals surface area (Å²) in [7, 11) is -4.45. The number of halogens is 4. The van der Waals surface area contributed by atoms with Crippen LogP contribution in [-0.4, -0.2) is 27.2 Å². The van der Waals surface area contributed by atoms with Crippen LogP contribution in [0.15, 0.2) is 65.6 Å². The van der Waals surface area contributed by atoms with E-state index >= 15 is 0 Å². The lowest BCUT2D eigenvalue weighted by atomic mass is 9.98. The minimum atomic E-state index is -4.45. The smallest absolute Gasteiger partial charge is 0.407 e. The number of carbonyl (C=O) groups excluding carboxylic acids is 1. The molecule has 0 heterocycles. The molecule has 0 bridgehead atoms. The van der Waals surface area contributed by atoms with Crippen molar-refractivity contribution in [1.82, 2.24) is 5.32 Å². The molecule has 0 aliphatic carbocycles. The third kappa shape index (κ3) is 6.95. The predicted octanol–water partition coefficient (Wildman–Crippen LogP) is 6.39. The fraction of sp³-hybridized carbons (Fsp3) is 0.269. The fourth-order valence-corrected chi connectivity index (χ4v) is 5.54. The van der Waals surface area contributed by atoms with Crippen molar-refractivity contribution in [1.29, 1.82) is 0 Å². The van der Waals surface area contributed by atoms with E-state index in [1.165, 1.54) is 43.3 Å². The Morgan fingerprint density at radius 1 is 0.973 bits per heavy atom. The number of anilines is 1. The highest BCUT2D eigenvalue weighted by Gasteiger charge is 2.33. The molecule has 3 aromatic carbocycles. The van der Waals surface area contributed by atoms with Gasteiger partial charge in [-0.1, -0.05) is 17.7 Å². The van der Waals surface area contributed by atoms with Gasteiger partial charge in [-0.3, -0.25) is 4.31 Å². The number of carbonyl (C=O) groups is 1. The number of benzene rings is 3. The molecule has 0 aromatic heterocycles. The fourth-order valence-electron chi connectivity index (χ4n) is 3.78. The molecule has 1 atom stereocenters. The van der Waals surface area contributed by atoms with Gasteiger partial charge >= 0.3 is 6.09 Å². The van der Waals surface area contributed by atoms with Gasteiger partial charge in [0, 0.05) is 23.6 Å². The van der Waals surface area contributed by atoms with Crippen LogP contribution in [0.25, 0.3) is 0 Å². The van der Waals surface area contributed by atoms with Crippen LogP contribution in [0, 0.1) is 17.5 Å². The number of hydrogen-bond acceptors (Lipinski definition) is 4. The zero-order valence-electron chi connectivity index (χ0n) is 20.3. The van der Waals surface area contributed by atoms with E-state index in [0.717, 1.165) is 28.6 Å². The Hall–Kier alpha value is -3.24. The van der Waals surface area contributed by atoms with Gasteiger partial charge < -0.3 is 10.1 Å². The van der Waals surface area contributed by atoms with E-state index in [4.69, 9.17) is 16.3 Å². The second kappa shape index (κ2) is 11.9. The maximum atomic E-state index is 14.9. The molecule has 3 aromatic rings. The molecule has 198 valence electrons. The van der Waals surface area contributed by atoms with Crippen molar-refractivity contribution < 1.29 is 31.1 Å². The summed E-state index contributed by atoms with van der Waals surface area (Å²) >= 11 is 5.90. The molecule has 0 spiro atoms. The number of sulfonamides is 1. The number of nitrogens with zero attached hydrogens (tertiary/aromatic N) is 1. The average Bonchev–Trinajstić information content (AvgIpc) is 2.81. The number of rotatable bonds is 9. The first-order valence-corrected chi connectivity index (χ1v) is 13.2. The van der Waals surface area contributed by atoms with E-state index in [9.17, 15) is 26.4 Å². The second-order valence-corrected chi connectivity index (χ2v) is 10.8. The molecular formula is C26H26ClF3N2O4S. The van der Waals surface area contributed by atoms with Gasteiger partial charge in [0.15, 0.2) is 0 Å². The van der Waals surface area contributed by atoms with E-state index in [1.54, 1.807) is 13.8 Å². The molecule has 0 aliphatic heterocycles. The van der Waals surface area contributed by atoms with Crippen LogP contribution in [0.5, 0.6) is 0 Å². The molecule has 0 aliphatic rings. The third-order valence-corrected chi connectivity index (χ3v) is 7.58. The molecule has 1 N–H and O–H groups in total. The van der Waals surface area contributed by atoms with Crippen molar-refractivity contribution in [2.75, 3.05) is 10.9 Å². The summed E-state index contributed by atoms with van der Waals surface area (Å²) in [6.07, 6.45) is -0.613. The molecule has 3 rings (SSSR count). The highest BCUT2D eigenvalue weighted by molar-refractivity contribution is 7.92. The van der Waals surface area contributed by atoms with Crippen LogP contribution >= 0.6 is 11.6 Å². The molecule has 0 saturated heterocycles. The predicted molar refractivity (Wildman–Crippen MR) is 136 cm³/mol. The number of ether oxygens (including phenoxy) is 1. The largest absolute Gasteiger partial charge is 0.449 e. The number of nitrogens with one attached hydrogen (secondary N) is 1. The lowest BCUT2D eigenvalue weighted by Gasteiger charge is -2.32. The van der Waals surface area contributed by atoms with Crippen LogP contribution < -0.4 is 9.62 Å². The topological polar surface area (TPSA) is 75.7 Å². The summed E-state index contributed by atoms with van der Waals surface area (Å²) in [6, 6.07) is 10.1. The van der Waals surface area contributed by atoms with Gasteiger partial charge in [-0.2, -0.15) is 0 Å². The average molecular weight is 555 g/mol. The van der Waals surface area contributed by atoms with E-state index in [1.807, 2.05) is 0 Å². The summed E-state index contributed by atoms with van der Waals surface area (Å²) in [5, 5.41) is 2.85. The number of amides is 1. The maximum absolute atomic E-state index is 14.9. The van der Waals surface area contributed by atoms with Crippen molar-refractivity contribution in [3.63, 3.8) is 0 Å². The Balaban J connectivity index is 2.07. The Morgan fingerprint density at radius 2 is 1.59 bits per heavy atom. The number of hydrogen-bond donors (Lipinski definition) is 1. The van der Waals surface area contributed by atoms with Crippen molar-refractivity contribution >= 4 is 33.4 Å². The third-order valence-electron chi connectivity index (χ3n) is 5.43. The van der Waals surface area contributed by atoms with Crippen LogP contribution in [0.3, 0.4) is 0 Å². The van der Waals surface area contributed by atoms with E-state index < -0.39 is 45.3 Å². The van der Waals surface area contributed by atoms with Gasteiger partial charge in [-0.05, 0) is 80.4 Å². The Kier molecular flexibility index (Phi) is 9.09. The first-order chi connectivity index (χ1) is 17.4. The molecule has 0 radical (unpaired) electrons. The van der Waals surface area contributed by atoms with Crippen molar-refractivity contribution in [3.05, 3.63) is 94.3 Å². The van der Waals surface area contributed by atoms with Gasteiger partial charge in [0.25, 0.3) is 10.0 Å². The maximum Gasteiger partial charge on any atom is 0.407 e. The lowest BCUT2D eigenvalue weighted by molar-refractivity contribution is 0.145. The lowest BCUT2D eigenvalue weighted by Crippen LogP contribution is -2.35. The van der Waals surface area contributed by atoms with Gasteiger partial charge in [0.2, 0.25) is 0 Å². The van der Waals surface area contributed by atoms with E-state index in [-0.39, 0.29) is 29.0 Å². The van der Waals surface area contributed by atoms with Gasteiger partial charge in [-0.15, -0.1) is 0 Å². The standard InChI is InChI=1S/C26H26ClF3N2O4S/c1-16(2)31-26(33)36-13-12-18-14-20(28)6-10-23(18)17(3)32(25-15-21(29)7-11-24(25)30)37(34,35)22-8-4-19(27)5-9-22/h4-11,14-17H,12-13H2,1-3H3,(H,31,33)/t17-/m1/s1. The summed E-state index contributed by atoms with van der Waals surface area (Å²) in [4.78, 5) is 11.6. The first-order valence-electron chi connectivity index (χ1n) is 11.4. The molecule has 6 nitrogen and oxygen atoms in total. The molecule has 1 amide bonds. The zero-order valence-corrected chi connectivity index (χ0v) is 21.9. The highest BCUT2D eigenvalue weighted by Crippen LogP contribution is 2.37. The zero-order chi connectivity index (χ0) is 27.3. The van der Waals surface area contributed by atoms with Crippen molar-refractivity contribution in [3.8, 4) is 0 Å². The quantitative estimate of drug-likeness (QED) is 0.332. The molecular weight excluding hydrogens is 529 g/mol. The van der Waals surface area contributed by atoms with Crippen molar-refractivity contribution in [2.45, 2.75) is 44.2 Å². The van der Waals surface area contributed by atoms with E-state index in [2.05, 4.69) is 5.32 Å². The van der Waals surface area contributed by atoms with Crippen LogP contribution in [0.2, 0.25) is 5.02 Å². The molecule has 0 saturated carbocycles. The second-order valence-electron chi connectivity index (χ2n) is 8.55. The summed E-state index contributed by atoms with van der Waals surface area (Å²) in [5.41, 5.74) is 0.124. The molecule has 0 unspecified atom stereocenters. The molecule has 0 fully saturated rings.